The van der Waals surface area contributed by atoms with Crippen molar-refractivity contribution in [1.82, 2.24) is 0 Å². The fourth-order valence-electron chi connectivity index (χ4n) is 1.72. The molecule has 0 spiro atoms. The molecule has 0 aromatic carbocycles. The van der Waals surface area contributed by atoms with Gasteiger partial charge < -0.3 is 4.43 Å². The van der Waals surface area contributed by atoms with Crippen molar-refractivity contribution in [2.45, 2.75) is 64.3 Å². The van der Waals surface area contributed by atoms with E-state index in [0.717, 1.165) is 0 Å². The molecule has 0 N–H and O–H groups in total. The molecule has 0 amide bonds. The summed E-state index contributed by atoms with van der Waals surface area (Å²) in [4.78, 5) is 0. The molecule has 2 heteroatoms. The summed E-state index contributed by atoms with van der Waals surface area (Å²) >= 11 is 0. The highest BCUT2D eigenvalue weighted by atomic mass is 28.4. The molecule has 0 saturated heterocycles. The van der Waals surface area contributed by atoms with Crippen LogP contribution in [-0.2, 0) is 4.43 Å². The van der Waals surface area contributed by atoms with Crippen molar-refractivity contribution in [2.75, 3.05) is 0 Å². The zero-order valence-corrected chi connectivity index (χ0v) is 9.73. The molecule has 0 unspecified atom stereocenters. The predicted molar refractivity (Wildman–Crippen MR) is 55.9 cm³/mol. The first-order chi connectivity index (χ1) is 5.64. The van der Waals surface area contributed by atoms with Crippen molar-refractivity contribution in [3.8, 4) is 0 Å². The lowest BCUT2D eigenvalue weighted by molar-refractivity contribution is 0.146. The summed E-state index contributed by atoms with van der Waals surface area (Å²) in [6.07, 6.45) is 7.44. The standard InChI is InChI=1S/C10H22OSi/c1-4-12(2,3)11-10-8-6-5-7-9-10/h10H,4-9H2,1-3H3. The molecule has 0 aromatic heterocycles. The smallest absolute Gasteiger partial charge is 0.186 e. The van der Waals surface area contributed by atoms with Gasteiger partial charge in [0.05, 0.1) is 0 Å². The van der Waals surface area contributed by atoms with Gasteiger partial charge in [0.2, 0.25) is 0 Å². The van der Waals surface area contributed by atoms with Crippen molar-refractivity contribution in [1.29, 1.82) is 0 Å². The molecule has 0 aliphatic heterocycles. The molecule has 0 heterocycles. The van der Waals surface area contributed by atoms with E-state index in [1.807, 2.05) is 0 Å². The van der Waals surface area contributed by atoms with Crippen molar-refractivity contribution in [3.05, 3.63) is 0 Å². The summed E-state index contributed by atoms with van der Waals surface area (Å²) in [5.74, 6) is 0. The van der Waals surface area contributed by atoms with Gasteiger partial charge in [-0.2, -0.15) is 0 Å². The number of hydrogen-bond donors (Lipinski definition) is 0. The van der Waals surface area contributed by atoms with Crippen LogP contribution in [0, 0.1) is 0 Å². The van der Waals surface area contributed by atoms with Gasteiger partial charge in [0.25, 0.3) is 0 Å². The van der Waals surface area contributed by atoms with E-state index in [1.165, 1.54) is 38.1 Å². The molecule has 1 fully saturated rings. The Morgan fingerprint density at radius 3 is 2.25 bits per heavy atom. The molecule has 0 aromatic rings. The molecule has 1 saturated carbocycles. The van der Waals surface area contributed by atoms with Crippen LogP contribution in [0.5, 0.6) is 0 Å². The zero-order valence-electron chi connectivity index (χ0n) is 8.73. The van der Waals surface area contributed by atoms with Crippen LogP contribution < -0.4 is 0 Å². The van der Waals surface area contributed by atoms with Crippen LogP contribution in [0.15, 0.2) is 0 Å². The van der Waals surface area contributed by atoms with E-state index in [2.05, 4.69) is 20.0 Å². The fourth-order valence-corrected chi connectivity index (χ4v) is 3.02. The summed E-state index contributed by atoms with van der Waals surface area (Å²) in [5, 5.41) is 0. The summed E-state index contributed by atoms with van der Waals surface area (Å²) < 4.78 is 6.17. The Kier molecular flexibility index (Phi) is 3.78. The molecule has 0 bridgehead atoms. The molecule has 1 nitrogen and oxygen atoms in total. The average molecular weight is 186 g/mol. The van der Waals surface area contributed by atoms with Crippen molar-refractivity contribution in [3.63, 3.8) is 0 Å². The lowest BCUT2D eigenvalue weighted by Gasteiger charge is -2.30. The minimum Gasteiger partial charge on any atom is -0.414 e. The highest BCUT2D eigenvalue weighted by molar-refractivity contribution is 6.71. The maximum Gasteiger partial charge on any atom is 0.186 e. The maximum absolute atomic E-state index is 6.17. The SMILES string of the molecule is CC[Si](C)(C)OC1CCCCC1. The Hall–Kier alpha value is 0.177. The maximum atomic E-state index is 6.17. The minimum absolute atomic E-state index is 0.611. The van der Waals surface area contributed by atoms with Crippen LogP contribution in [0.25, 0.3) is 0 Å². The van der Waals surface area contributed by atoms with Gasteiger partial charge >= 0.3 is 0 Å². The summed E-state index contributed by atoms with van der Waals surface area (Å²) in [6.45, 7) is 6.93. The number of hydrogen-bond acceptors (Lipinski definition) is 1. The van der Waals surface area contributed by atoms with Crippen LogP contribution in [0.3, 0.4) is 0 Å². The molecule has 0 atom stereocenters. The Morgan fingerprint density at radius 2 is 1.75 bits per heavy atom. The first-order valence-corrected chi connectivity index (χ1v) is 8.43. The van der Waals surface area contributed by atoms with Crippen molar-refractivity contribution in [2.24, 2.45) is 0 Å². The summed E-state index contributed by atoms with van der Waals surface area (Å²) in [5.41, 5.74) is 0. The summed E-state index contributed by atoms with van der Waals surface area (Å²) in [7, 11) is -1.26. The molecule has 1 aliphatic rings. The molecular weight excluding hydrogens is 164 g/mol. The van der Waals surface area contributed by atoms with Crippen molar-refractivity contribution < 1.29 is 4.43 Å². The highest BCUT2D eigenvalue weighted by Crippen LogP contribution is 2.24. The first-order valence-electron chi connectivity index (χ1n) is 5.32. The third-order valence-electron chi connectivity index (χ3n) is 2.89. The fraction of sp³-hybridized carbons (Fsp3) is 1.00. The van der Waals surface area contributed by atoms with Gasteiger partial charge in [0.15, 0.2) is 8.32 Å². The second-order valence-electron chi connectivity index (χ2n) is 4.49. The van der Waals surface area contributed by atoms with E-state index in [0.29, 0.717) is 6.10 Å². The lowest BCUT2D eigenvalue weighted by atomic mass is 9.98. The van der Waals surface area contributed by atoms with Gasteiger partial charge in [-0.15, -0.1) is 0 Å². The Bertz CT molecular complexity index is 128. The summed E-state index contributed by atoms with van der Waals surface area (Å²) in [6, 6.07) is 1.25. The van der Waals surface area contributed by atoms with Crippen LogP contribution in [0.2, 0.25) is 19.1 Å². The molecule has 12 heavy (non-hydrogen) atoms. The largest absolute Gasteiger partial charge is 0.414 e. The number of rotatable bonds is 3. The van der Waals surface area contributed by atoms with E-state index < -0.39 is 8.32 Å². The Morgan fingerprint density at radius 1 is 1.17 bits per heavy atom. The first kappa shape index (κ1) is 10.3. The molecular formula is C10H22OSi. The second-order valence-corrected chi connectivity index (χ2v) is 8.95. The van der Waals surface area contributed by atoms with Crippen LogP contribution in [0.1, 0.15) is 39.0 Å². The van der Waals surface area contributed by atoms with Gasteiger partial charge in [0, 0.05) is 6.10 Å². The molecule has 1 rings (SSSR count). The van der Waals surface area contributed by atoms with Gasteiger partial charge in [-0.25, -0.2) is 0 Å². The molecule has 0 radical (unpaired) electrons. The Balaban J connectivity index is 2.28. The van der Waals surface area contributed by atoms with Crippen LogP contribution >= 0.6 is 0 Å². The molecule has 1 aliphatic carbocycles. The molecule has 72 valence electrons. The third kappa shape index (κ3) is 3.28. The third-order valence-corrected chi connectivity index (χ3v) is 5.56. The van der Waals surface area contributed by atoms with Gasteiger partial charge in [-0.3, -0.25) is 0 Å². The van der Waals surface area contributed by atoms with E-state index in [9.17, 15) is 0 Å². The van der Waals surface area contributed by atoms with E-state index in [4.69, 9.17) is 4.43 Å². The predicted octanol–water partition coefficient (Wildman–Crippen LogP) is 3.56. The van der Waals surface area contributed by atoms with E-state index in [-0.39, 0.29) is 0 Å². The second kappa shape index (κ2) is 4.42. The van der Waals surface area contributed by atoms with Gasteiger partial charge in [-0.05, 0) is 32.0 Å². The zero-order chi connectivity index (χ0) is 9.03. The quantitative estimate of drug-likeness (QED) is 0.612. The topological polar surface area (TPSA) is 9.23 Å². The van der Waals surface area contributed by atoms with Crippen LogP contribution in [-0.4, -0.2) is 14.4 Å². The average Bonchev–Trinajstić information content (AvgIpc) is 2.06. The van der Waals surface area contributed by atoms with Gasteiger partial charge in [0.1, 0.15) is 0 Å². The monoisotopic (exact) mass is 186 g/mol. The highest BCUT2D eigenvalue weighted by Gasteiger charge is 2.25. The normalized spacial score (nSPS) is 21.2. The minimum atomic E-state index is -1.26. The van der Waals surface area contributed by atoms with Gasteiger partial charge in [-0.1, -0.05) is 26.2 Å². The van der Waals surface area contributed by atoms with E-state index >= 15 is 0 Å². The lowest BCUT2D eigenvalue weighted by Crippen LogP contribution is -2.35. The van der Waals surface area contributed by atoms with Crippen LogP contribution in [0.4, 0.5) is 0 Å². The van der Waals surface area contributed by atoms with Crippen molar-refractivity contribution >= 4 is 8.32 Å². The van der Waals surface area contributed by atoms with E-state index in [1.54, 1.807) is 0 Å². The Labute approximate surface area is 77.6 Å².